The number of rotatable bonds is 13. The molecular weight excluding hydrogens is 466 g/mol. The highest BCUT2D eigenvalue weighted by Crippen LogP contribution is 2.63. The lowest BCUT2D eigenvalue weighted by atomic mass is 9.47. The highest BCUT2D eigenvalue weighted by molar-refractivity contribution is 5.03. The fourth-order valence-electron chi connectivity index (χ4n) is 9.15. The quantitative estimate of drug-likeness (QED) is 0.219. The zero-order chi connectivity index (χ0) is 25.6. The normalized spacial score (nSPS) is 40.8. The van der Waals surface area contributed by atoms with Gasteiger partial charge in [-0.05, 0) is 125 Å². The molecule has 2 N–H and O–H groups in total. The molecule has 0 aromatic carbocycles. The van der Waals surface area contributed by atoms with Gasteiger partial charge in [0.1, 0.15) is 18.4 Å². The number of hydrogen-bond acceptors (Lipinski definition) is 1. The van der Waals surface area contributed by atoms with Crippen LogP contribution in [0.4, 0.5) is 8.78 Å². The van der Waals surface area contributed by atoms with E-state index in [1.807, 2.05) is 6.92 Å². The van der Waals surface area contributed by atoms with E-state index in [2.05, 4.69) is 13.8 Å². The summed E-state index contributed by atoms with van der Waals surface area (Å²) in [6.45, 7) is 6.53. The summed E-state index contributed by atoms with van der Waals surface area (Å²) >= 11 is 0. The van der Waals surface area contributed by atoms with Crippen LogP contribution in [0.15, 0.2) is 0 Å². The highest BCUT2D eigenvalue weighted by atomic mass is 19.1. The molecule has 2 nitrogen and oxygen atoms in total. The van der Waals surface area contributed by atoms with E-state index >= 15 is 8.78 Å². The van der Waals surface area contributed by atoms with Crippen molar-refractivity contribution >= 4 is 0 Å². The van der Waals surface area contributed by atoms with Gasteiger partial charge < -0.3 is 10.2 Å². The van der Waals surface area contributed by atoms with Gasteiger partial charge in [-0.25, -0.2) is 8.78 Å². The number of fused-ring (bicyclic) bond motifs is 3. The van der Waals surface area contributed by atoms with Gasteiger partial charge in [0.2, 0.25) is 0 Å². The summed E-state index contributed by atoms with van der Waals surface area (Å²) in [4.78, 5) is 0. The number of unbranched alkanes of at least 4 members (excludes halogenated alkanes) is 5. The third-order valence-electron chi connectivity index (χ3n) is 11.7. The second-order valence-electron chi connectivity index (χ2n) is 14.0. The van der Waals surface area contributed by atoms with E-state index < -0.39 is 18.4 Å². The zero-order valence-electron chi connectivity index (χ0n) is 24.6. The first-order valence-electron chi connectivity index (χ1n) is 16.3. The molecule has 0 aliphatic heterocycles. The summed E-state index contributed by atoms with van der Waals surface area (Å²) in [5, 5.41) is 0. The zero-order valence-corrected chi connectivity index (χ0v) is 24.6. The van der Waals surface area contributed by atoms with Crippen molar-refractivity contribution in [1.29, 1.82) is 0 Å². The number of hydrogen-bond donors (Lipinski definition) is 0. The predicted octanol–water partition coefficient (Wildman–Crippen LogP) is 9.97. The summed E-state index contributed by atoms with van der Waals surface area (Å²) in [5.74, 6) is 1.62. The van der Waals surface area contributed by atoms with Crippen molar-refractivity contribution in [3.63, 3.8) is 0 Å². The van der Waals surface area contributed by atoms with Gasteiger partial charge in [-0.15, -0.1) is 0 Å². The number of halogens is 2. The Morgan fingerprint density at radius 1 is 0.757 bits per heavy atom. The Hall–Kier alpha value is -0.220. The summed E-state index contributed by atoms with van der Waals surface area (Å²) in [6, 6.07) is 0. The first kappa shape index (κ1) is 31.3. The minimum Gasteiger partial charge on any atom is -0.412 e. The second kappa shape index (κ2) is 14.4. The van der Waals surface area contributed by atoms with Gasteiger partial charge in [0.05, 0.1) is 6.10 Å². The summed E-state index contributed by atoms with van der Waals surface area (Å²) in [6.07, 6.45) is 23.1. The van der Waals surface area contributed by atoms with Crippen LogP contribution in [-0.4, -0.2) is 30.0 Å². The predicted molar refractivity (Wildman–Crippen MR) is 153 cm³/mol. The largest absolute Gasteiger partial charge is 0.412 e. The van der Waals surface area contributed by atoms with E-state index in [1.54, 1.807) is 0 Å². The molecule has 5 aliphatic rings. The Kier molecular flexibility index (Phi) is 12.2. The smallest absolute Gasteiger partial charge is 0.129 e. The topological polar surface area (TPSA) is 40.7 Å². The Balaban J connectivity index is 0.00000253. The van der Waals surface area contributed by atoms with Crippen molar-refractivity contribution in [2.45, 2.75) is 180 Å². The Morgan fingerprint density at radius 2 is 1.32 bits per heavy atom. The highest BCUT2D eigenvalue weighted by Gasteiger charge is 2.52. The SMILES string of the molecule is CCCCCCC(C)OC1C(F)CC(C2CCC(C34CCC(CCCCC)(CC3)CC4)CC2)CC1F.O.[HH]. The molecular formula is C33H62F2O2. The maximum atomic E-state index is 15.2. The molecule has 3 unspecified atom stereocenters. The number of ether oxygens (including phenoxy) is 1. The maximum absolute atomic E-state index is 15.2. The molecule has 0 heterocycles. The molecule has 5 rings (SSSR count). The average molecular weight is 529 g/mol. The van der Waals surface area contributed by atoms with Crippen LogP contribution in [0.5, 0.6) is 0 Å². The van der Waals surface area contributed by atoms with Crippen LogP contribution < -0.4 is 0 Å². The lowest BCUT2D eigenvalue weighted by Crippen LogP contribution is -2.47. The van der Waals surface area contributed by atoms with E-state index in [1.165, 1.54) is 109 Å². The van der Waals surface area contributed by atoms with Crippen LogP contribution in [0.3, 0.4) is 0 Å². The Bertz CT molecular complexity index is 616. The monoisotopic (exact) mass is 528 g/mol. The summed E-state index contributed by atoms with van der Waals surface area (Å²) in [7, 11) is 0. The first-order valence-corrected chi connectivity index (χ1v) is 16.3. The van der Waals surface area contributed by atoms with Crippen molar-refractivity contribution in [2.75, 3.05) is 0 Å². The van der Waals surface area contributed by atoms with Gasteiger partial charge in [-0.2, -0.15) is 0 Å². The maximum Gasteiger partial charge on any atom is 0.129 e. The molecule has 0 aromatic rings. The average Bonchev–Trinajstić information content (AvgIpc) is 2.90. The molecule has 0 amide bonds. The minimum absolute atomic E-state index is 0. The summed E-state index contributed by atoms with van der Waals surface area (Å²) in [5.41, 5.74) is 1.30. The van der Waals surface area contributed by atoms with Crippen molar-refractivity contribution in [1.82, 2.24) is 0 Å². The lowest BCUT2D eigenvalue weighted by molar-refractivity contribution is -0.119. The van der Waals surface area contributed by atoms with Crippen molar-refractivity contribution in [2.24, 2.45) is 28.6 Å². The molecule has 4 heteroatoms. The van der Waals surface area contributed by atoms with Crippen LogP contribution in [0.25, 0.3) is 0 Å². The van der Waals surface area contributed by atoms with E-state index in [4.69, 9.17) is 4.74 Å². The van der Waals surface area contributed by atoms with Crippen molar-refractivity contribution in [3.8, 4) is 0 Å². The van der Waals surface area contributed by atoms with Crippen LogP contribution in [0.1, 0.15) is 157 Å². The van der Waals surface area contributed by atoms with E-state index in [-0.39, 0.29) is 18.9 Å². The van der Waals surface area contributed by atoms with Gasteiger partial charge in [0.15, 0.2) is 0 Å². The van der Waals surface area contributed by atoms with Gasteiger partial charge in [-0.3, -0.25) is 0 Å². The van der Waals surface area contributed by atoms with Gasteiger partial charge >= 0.3 is 0 Å². The molecule has 37 heavy (non-hydrogen) atoms. The third kappa shape index (κ3) is 7.71. The Morgan fingerprint density at radius 3 is 1.89 bits per heavy atom. The number of alkyl halides is 2. The molecule has 5 fully saturated rings. The molecule has 0 radical (unpaired) electrons. The molecule has 5 aliphatic carbocycles. The molecule has 5 saturated carbocycles. The van der Waals surface area contributed by atoms with E-state index in [0.29, 0.717) is 29.6 Å². The van der Waals surface area contributed by atoms with E-state index in [0.717, 1.165) is 18.8 Å². The molecule has 0 saturated heterocycles. The molecule has 220 valence electrons. The summed E-state index contributed by atoms with van der Waals surface area (Å²) < 4.78 is 36.3. The van der Waals surface area contributed by atoms with Crippen LogP contribution in [0.2, 0.25) is 0 Å². The van der Waals surface area contributed by atoms with Crippen molar-refractivity contribution in [3.05, 3.63) is 0 Å². The third-order valence-corrected chi connectivity index (χ3v) is 11.7. The molecule has 0 spiro atoms. The van der Waals surface area contributed by atoms with Gasteiger partial charge in [-0.1, -0.05) is 58.8 Å². The van der Waals surface area contributed by atoms with E-state index in [9.17, 15) is 0 Å². The molecule has 3 atom stereocenters. The van der Waals surface area contributed by atoms with Crippen LogP contribution >= 0.6 is 0 Å². The second-order valence-corrected chi connectivity index (χ2v) is 14.0. The van der Waals surface area contributed by atoms with Gasteiger partial charge in [0.25, 0.3) is 0 Å². The Labute approximate surface area is 229 Å². The fraction of sp³-hybridized carbons (Fsp3) is 1.00. The van der Waals surface area contributed by atoms with Gasteiger partial charge in [0, 0.05) is 1.43 Å². The van der Waals surface area contributed by atoms with Crippen LogP contribution in [0, 0.1) is 28.6 Å². The van der Waals surface area contributed by atoms with Crippen molar-refractivity contribution < 1.29 is 20.4 Å². The van der Waals surface area contributed by atoms with Crippen LogP contribution in [-0.2, 0) is 4.74 Å². The minimum atomic E-state index is -1.13. The molecule has 0 aromatic heterocycles. The lowest BCUT2D eigenvalue weighted by Gasteiger charge is -2.58. The first-order chi connectivity index (χ1) is 17.4. The standard InChI is InChI=1S/C33H58F2O.H2O.H2/c1-4-6-8-9-11-25(3)36-31-29(34)23-27(24-30(31)35)26-12-14-28(15-13-26)33-20-17-32(18-21-33,19-22-33)16-10-7-5-2;;/h25-31H,4-24H2,1-3H3;1H2;1H. The molecule has 2 bridgehead atoms. The fourth-order valence-corrected chi connectivity index (χ4v) is 9.15.